The summed E-state index contributed by atoms with van der Waals surface area (Å²) in [7, 11) is 0. The molecular weight excluding hydrogens is 264 g/mol. The lowest BCUT2D eigenvalue weighted by atomic mass is 9.94. The van der Waals surface area contributed by atoms with E-state index in [1.807, 2.05) is 12.1 Å². The summed E-state index contributed by atoms with van der Waals surface area (Å²) in [6, 6.07) is 8.16. The molecule has 3 atom stereocenters. The van der Waals surface area contributed by atoms with Crippen LogP contribution in [0.4, 0.5) is 0 Å². The molecule has 1 amide bonds. The van der Waals surface area contributed by atoms with Gasteiger partial charge < -0.3 is 15.7 Å². The summed E-state index contributed by atoms with van der Waals surface area (Å²) in [6.45, 7) is 1.70. The average Bonchev–Trinajstić information content (AvgIpc) is 2.99. The minimum absolute atomic E-state index is 0.0908. The predicted octanol–water partition coefficient (Wildman–Crippen LogP) is 1.23. The van der Waals surface area contributed by atoms with E-state index in [0.717, 1.165) is 25.8 Å². The van der Waals surface area contributed by atoms with Crippen LogP contribution < -0.4 is 10.6 Å². The third-order valence-electron chi connectivity index (χ3n) is 4.99. The highest BCUT2D eigenvalue weighted by atomic mass is 16.3. The van der Waals surface area contributed by atoms with E-state index in [4.69, 9.17) is 0 Å². The van der Waals surface area contributed by atoms with E-state index in [2.05, 4.69) is 22.8 Å². The van der Waals surface area contributed by atoms with Crippen LogP contribution in [0.25, 0.3) is 0 Å². The van der Waals surface area contributed by atoms with E-state index in [1.165, 1.54) is 17.5 Å². The van der Waals surface area contributed by atoms with Crippen molar-refractivity contribution < 1.29 is 9.90 Å². The molecule has 4 nitrogen and oxygen atoms in total. The number of hydrogen-bond acceptors (Lipinski definition) is 3. The van der Waals surface area contributed by atoms with Crippen molar-refractivity contribution in [3.63, 3.8) is 0 Å². The van der Waals surface area contributed by atoms with Gasteiger partial charge in [-0.2, -0.15) is 0 Å². The largest absolute Gasteiger partial charge is 0.396 e. The molecule has 0 bridgehead atoms. The first-order chi connectivity index (χ1) is 10.3. The van der Waals surface area contributed by atoms with Crippen molar-refractivity contribution >= 4 is 5.91 Å². The first-order valence-corrected chi connectivity index (χ1v) is 7.96. The maximum atomic E-state index is 12.3. The van der Waals surface area contributed by atoms with Crippen molar-refractivity contribution in [1.29, 1.82) is 0 Å². The van der Waals surface area contributed by atoms with Gasteiger partial charge in [-0.1, -0.05) is 30.7 Å². The Kier molecular flexibility index (Phi) is 4.56. The van der Waals surface area contributed by atoms with Crippen molar-refractivity contribution in [2.75, 3.05) is 13.2 Å². The summed E-state index contributed by atoms with van der Waals surface area (Å²) in [5.74, 6) is 0.897. The molecule has 1 saturated carbocycles. The second-order valence-corrected chi connectivity index (χ2v) is 6.29. The number of carbonyl (C=O) groups excluding carboxylic acids is 1. The average molecular weight is 288 g/mol. The van der Waals surface area contributed by atoms with E-state index < -0.39 is 0 Å². The van der Waals surface area contributed by atoms with Gasteiger partial charge in [0.2, 0.25) is 5.91 Å². The normalized spacial score (nSPS) is 28.1. The first-order valence-electron chi connectivity index (χ1n) is 7.96. The summed E-state index contributed by atoms with van der Waals surface area (Å²) < 4.78 is 0. The standard InChI is InChI=1S/C17H24N2O2/c20-11-15-7-3-6-14(15)10-19-17(21)16-8-12-4-1-2-5-13(12)9-18-16/h1-2,4-5,14-16,18,20H,3,6-11H2,(H,19,21)/t14?,15?,16-/m0/s1. The van der Waals surface area contributed by atoms with Gasteiger partial charge in [-0.3, -0.25) is 4.79 Å². The molecule has 114 valence electrons. The Hall–Kier alpha value is -1.39. The van der Waals surface area contributed by atoms with E-state index in [-0.39, 0.29) is 18.6 Å². The SMILES string of the molecule is O=C(NCC1CCCC1CO)[C@@H]1Cc2ccccc2CN1. The molecule has 0 radical (unpaired) electrons. The van der Waals surface area contributed by atoms with Crippen LogP contribution in [0.2, 0.25) is 0 Å². The Morgan fingerprint density at radius 1 is 1.24 bits per heavy atom. The van der Waals surface area contributed by atoms with E-state index in [0.29, 0.717) is 18.4 Å². The van der Waals surface area contributed by atoms with Crippen LogP contribution in [0.3, 0.4) is 0 Å². The first kappa shape index (κ1) is 14.5. The lowest BCUT2D eigenvalue weighted by molar-refractivity contribution is -0.123. The number of aliphatic hydroxyl groups is 1. The van der Waals surface area contributed by atoms with Gasteiger partial charge in [0.1, 0.15) is 0 Å². The molecule has 0 aromatic heterocycles. The van der Waals surface area contributed by atoms with Crippen molar-refractivity contribution in [2.24, 2.45) is 11.8 Å². The van der Waals surface area contributed by atoms with Crippen molar-refractivity contribution in [1.82, 2.24) is 10.6 Å². The molecule has 0 saturated heterocycles. The number of amides is 1. The molecular formula is C17H24N2O2. The van der Waals surface area contributed by atoms with Gasteiger partial charge >= 0.3 is 0 Å². The number of aliphatic hydroxyl groups excluding tert-OH is 1. The number of carbonyl (C=O) groups is 1. The summed E-state index contributed by atoms with van der Waals surface area (Å²) in [5, 5.41) is 15.7. The minimum Gasteiger partial charge on any atom is -0.396 e. The number of fused-ring (bicyclic) bond motifs is 1. The Labute approximate surface area is 125 Å². The lowest BCUT2D eigenvalue weighted by Crippen LogP contribution is -2.48. The molecule has 2 aliphatic rings. The Balaban J connectivity index is 1.52. The summed E-state index contributed by atoms with van der Waals surface area (Å²) in [4.78, 5) is 12.3. The van der Waals surface area contributed by atoms with Gasteiger partial charge in [0.15, 0.2) is 0 Å². The van der Waals surface area contributed by atoms with Crippen LogP contribution >= 0.6 is 0 Å². The molecule has 3 rings (SSSR count). The van der Waals surface area contributed by atoms with Gasteiger partial charge in [0, 0.05) is 19.7 Å². The van der Waals surface area contributed by atoms with E-state index in [1.54, 1.807) is 0 Å². The summed E-state index contributed by atoms with van der Waals surface area (Å²) in [5.41, 5.74) is 2.56. The van der Waals surface area contributed by atoms with Crippen molar-refractivity contribution in [3.05, 3.63) is 35.4 Å². The molecule has 0 spiro atoms. The lowest BCUT2D eigenvalue weighted by Gasteiger charge is -2.26. The highest BCUT2D eigenvalue weighted by Gasteiger charge is 2.28. The third-order valence-corrected chi connectivity index (χ3v) is 4.99. The van der Waals surface area contributed by atoms with Gasteiger partial charge in [-0.05, 0) is 42.2 Å². The van der Waals surface area contributed by atoms with Crippen LogP contribution in [-0.2, 0) is 17.8 Å². The summed E-state index contributed by atoms with van der Waals surface area (Å²) in [6.07, 6.45) is 4.13. The summed E-state index contributed by atoms with van der Waals surface area (Å²) >= 11 is 0. The fourth-order valence-electron chi connectivity index (χ4n) is 3.62. The number of benzene rings is 1. The molecule has 2 unspecified atom stereocenters. The van der Waals surface area contributed by atoms with Gasteiger partial charge in [-0.15, -0.1) is 0 Å². The Morgan fingerprint density at radius 3 is 2.81 bits per heavy atom. The van der Waals surface area contributed by atoms with Crippen LogP contribution in [0, 0.1) is 11.8 Å². The molecule has 3 N–H and O–H groups in total. The Bertz CT molecular complexity index is 503. The topological polar surface area (TPSA) is 61.4 Å². The minimum atomic E-state index is -0.131. The van der Waals surface area contributed by atoms with Crippen molar-refractivity contribution in [2.45, 2.75) is 38.3 Å². The zero-order valence-corrected chi connectivity index (χ0v) is 12.3. The molecule has 4 heteroatoms. The zero-order chi connectivity index (χ0) is 14.7. The molecule has 21 heavy (non-hydrogen) atoms. The van der Waals surface area contributed by atoms with Gasteiger partial charge in [-0.25, -0.2) is 0 Å². The molecule has 1 aliphatic carbocycles. The quantitative estimate of drug-likeness (QED) is 0.781. The van der Waals surface area contributed by atoms with E-state index >= 15 is 0 Å². The number of nitrogens with one attached hydrogen (secondary N) is 2. The second-order valence-electron chi connectivity index (χ2n) is 6.29. The van der Waals surface area contributed by atoms with Crippen LogP contribution in [0.15, 0.2) is 24.3 Å². The van der Waals surface area contributed by atoms with E-state index in [9.17, 15) is 9.90 Å². The number of rotatable bonds is 4. The second kappa shape index (κ2) is 6.58. The van der Waals surface area contributed by atoms with Gasteiger partial charge in [0.05, 0.1) is 6.04 Å². The molecule has 1 aromatic rings. The molecule has 1 aliphatic heterocycles. The van der Waals surface area contributed by atoms with Gasteiger partial charge in [0.25, 0.3) is 0 Å². The van der Waals surface area contributed by atoms with Crippen LogP contribution in [0.5, 0.6) is 0 Å². The fourth-order valence-corrected chi connectivity index (χ4v) is 3.62. The fraction of sp³-hybridized carbons (Fsp3) is 0.588. The van der Waals surface area contributed by atoms with Crippen LogP contribution in [-0.4, -0.2) is 30.2 Å². The highest BCUT2D eigenvalue weighted by molar-refractivity contribution is 5.82. The molecule has 1 heterocycles. The van der Waals surface area contributed by atoms with Crippen molar-refractivity contribution in [3.8, 4) is 0 Å². The molecule has 1 fully saturated rings. The highest BCUT2D eigenvalue weighted by Crippen LogP contribution is 2.30. The maximum Gasteiger partial charge on any atom is 0.237 e. The number of hydrogen-bond donors (Lipinski definition) is 3. The molecule has 1 aromatic carbocycles. The Morgan fingerprint density at radius 2 is 2.00 bits per heavy atom. The zero-order valence-electron chi connectivity index (χ0n) is 12.3. The smallest absolute Gasteiger partial charge is 0.237 e. The predicted molar refractivity (Wildman–Crippen MR) is 81.7 cm³/mol. The maximum absolute atomic E-state index is 12.3. The third kappa shape index (κ3) is 3.27. The monoisotopic (exact) mass is 288 g/mol. The van der Waals surface area contributed by atoms with Crippen LogP contribution in [0.1, 0.15) is 30.4 Å².